The molecule has 20 heavy (non-hydrogen) atoms. The number of carboxylic acid groups (broad SMARTS) is 1. The summed E-state index contributed by atoms with van der Waals surface area (Å²) >= 11 is 0. The predicted octanol–water partition coefficient (Wildman–Crippen LogP) is 4.51. The summed E-state index contributed by atoms with van der Waals surface area (Å²) in [7, 11) is 0. The van der Waals surface area contributed by atoms with E-state index in [0.29, 0.717) is 5.56 Å². The Balaban J connectivity index is 2.17. The number of aromatic carboxylic acids is 1. The number of aryl methyl sites for hydroxylation is 1. The molecule has 0 unspecified atom stereocenters. The van der Waals surface area contributed by atoms with Crippen molar-refractivity contribution in [1.82, 2.24) is 0 Å². The van der Waals surface area contributed by atoms with E-state index in [-0.39, 0.29) is 0 Å². The smallest absolute Gasteiger partial charge is 0.335 e. The molecule has 0 atom stereocenters. The number of hydrogen-bond acceptors (Lipinski definition) is 1. The summed E-state index contributed by atoms with van der Waals surface area (Å²) in [6.45, 7) is 1.91. The van der Waals surface area contributed by atoms with E-state index in [0.717, 1.165) is 22.1 Å². The van der Waals surface area contributed by atoms with Gasteiger partial charge < -0.3 is 5.11 Å². The van der Waals surface area contributed by atoms with Crippen molar-refractivity contribution in [2.75, 3.05) is 0 Å². The minimum Gasteiger partial charge on any atom is -0.478 e. The number of benzene rings is 3. The maximum Gasteiger partial charge on any atom is 0.335 e. The fourth-order valence-electron chi connectivity index (χ4n) is 2.44. The Bertz CT molecular complexity index is 803. The highest BCUT2D eigenvalue weighted by Gasteiger charge is 2.07. The molecule has 0 heterocycles. The monoisotopic (exact) mass is 262 g/mol. The van der Waals surface area contributed by atoms with Crippen molar-refractivity contribution in [2.45, 2.75) is 6.92 Å². The molecule has 2 heteroatoms. The Morgan fingerprint density at radius 3 is 2.35 bits per heavy atom. The third kappa shape index (κ3) is 2.28. The van der Waals surface area contributed by atoms with Crippen molar-refractivity contribution < 1.29 is 9.90 Å². The lowest BCUT2D eigenvalue weighted by Crippen LogP contribution is -1.97. The topological polar surface area (TPSA) is 37.3 Å². The number of hydrogen-bond donors (Lipinski definition) is 1. The van der Waals surface area contributed by atoms with Gasteiger partial charge in [0.2, 0.25) is 0 Å². The Labute approximate surface area is 117 Å². The zero-order chi connectivity index (χ0) is 14.1. The number of fused-ring (bicyclic) bond motifs is 1. The molecule has 1 N–H and O–H groups in total. The van der Waals surface area contributed by atoms with Gasteiger partial charge in [-0.2, -0.15) is 0 Å². The first-order valence-electron chi connectivity index (χ1n) is 6.48. The van der Waals surface area contributed by atoms with Crippen LogP contribution in [0.15, 0.2) is 60.7 Å². The Kier molecular flexibility index (Phi) is 2.99. The molecule has 98 valence electrons. The van der Waals surface area contributed by atoms with Crippen LogP contribution in [0.2, 0.25) is 0 Å². The van der Waals surface area contributed by atoms with E-state index in [1.54, 1.807) is 12.1 Å². The first-order chi connectivity index (χ1) is 9.63. The zero-order valence-corrected chi connectivity index (χ0v) is 11.1. The van der Waals surface area contributed by atoms with Crippen LogP contribution in [0.4, 0.5) is 0 Å². The van der Waals surface area contributed by atoms with Crippen molar-refractivity contribution in [3.8, 4) is 11.1 Å². The molecule has 3 aromatic carbocycles. The van der Waals surface area contributed by atoms with Crippen LogP contribution in [0, 0.1) is 6.92 Å². The quantitative estimate of drug-likeness (QED) is 0.737. The van der Waals surface area contributed by atoms with E-state index < -0.39 is 5.97 Å². The minimum absolute atomic E-state index is 0.327. The third-order valence-corrected chi connectivity index (χ3v) is 3.41. The molecule has 0 saturated heterocycles. The average Bonchev–Trinajstić information content (AvgIpc) is 2.46. The van der Waals surface area contributed by atoms with Gasteiger partial charge in [0.1, 0.15) is 0 Å². The Hall–Kier alpha value is -2.61. The fraction of sp³-hybridized carbons (Fsp3) is 0.0556. The molecule has 0 aromatic heterocycles. The molecule has 0 saturated carbocycles. The second-order valence-corrected chi connectivity index (χ2v) is 4.95. The maximum atomic E-state index is 11.1. The Morgan fingerprint density at radius 1 is 0.850 bits per heavy atom. The van der Waals surface area contributed by atoms with Gasteiger partial charge >= 0.3 is 5.97 Å². The lowest BCUT2D eigenvalue weighted by atomic mass is 9.98. The molecule has 2 nitrogen and oxygen atoms in total. The number of carboxylic acids is 1. The molecule has 0 aliphatic carbocycles. The molecule has 3 aromatic rings. The van der Waals surface area contributed by atoms with Gasteiger partial charge in [-0.25, -0.2) is 4.79 Å². The van der Waals surface area contributed by atoms with Gasteiger partial charge in [0.25, 0.3) is 0 Å². The van der Waals surface area contributed by atoms with Gasteiger partial charge in [-0.1, -0.05) is 42.5 Å². The zero-order valence-electron chi connectivity index (χ0n) is 11.1. The molecule has 0 radical (unpaired) electrons. The van der Waals surface area contributed by atoms with Crippen molar-refractivity contribution in [3.05, 3.63) is 71.8 Å². The molecule has 0 amide bonds. The summed E-state index contributed by atoms with van der Waals surface area (Å²) in [5, 5.41) is 11.5. The van der Waals surface area contributed by atoms with Gasteiger partial charge in [0.15, 0.2) is 0 Å². The van der Waals surface area contributed by atoms with E-state index >= 15 is 0 Å². The van der Waals surface area contributed by atoms with Crippen LogP contribution in [0.1, 0.15) is 15.9 Å². The van der Waals surface area contributed by atoms with Crippen LogP contribution >= 0.6 is 0 Å². The SMILES string of the molecule is Cc1cc(C(=O)O)cc(-c2ccc3ccccc3c2)c1. The molecule has 0 aliphatic rings. The highest BCUT2D eigenvalue weighted by molar-refractivity contribution is 5.91. The second kappa shape index (κ2) is 4.82. The summed E-state index contributed by atoms with van der Waals surface area (Å²) in [4.78, 5) is 11.1. The molecule has 0 bridgehead atoms. The highest BCUT2D eigenvalue weighted by Crippen LogP contribution is 2.26. The predicted molar refractivity (Wildman–Crippen MR) is 81.1 cm³/mol. The van der Waals surface area contributed by atoms with Crippen molar-refractivity contribution in [2.24, 2.45) is 0 Å². The van der Waals surface area contributed by atoms with Crippen LogP contribution in [0.5, 0.6) is 0 Å². The fourth-order valence-corrected chi connectivity index (χ4v) is 2.44. The van der Waals surface area contributed by atoms with Gasteiger partial charge in [0.05, 0.1) is 5.56 Å². The second-order valence-electron chi connectivity index (χ2n) is 4.95. The minimum atomic E-state index is -0.893. The van der Waals surface area contributed by atoms with E-state index in [9.17, 15) is 4.79 Å². The number of carbonyl (C=O) groups is 1. The van der Waals surface area contributed by atoms with Crippen molar-refractivity contribution >= 4 is 16.7 Å². The van der Waals surface area contributed by atoms with Gasteiger partial charge in [0, 0.05) is 0 Å². The third-order valence-electron chi connectivity index (χ3n) is 3.41. The van der Waals surface area contributed by atoms with Crippen molar-refractivity contribution in [1.29, 1.82) is 0 Å². The normalized spacial score (nSPS) is 10.7. The molecule has 0 spiro atoms. The average molecular weight is 262 g/mol. The lowest BCUT2D eigenvalue weighted by Gasteiger charge is -2.07. The molecule has 0 fully saturated rings. The number of rotatable bonds is 2. The largest absolute Gasteiger partial charge is 0.478 e. The first kappa shape index (κ1) is 12.4. The van der Waals surface area contributed by atoms with E-state index in [2.05, 4.69) is 24.3 Å². The summed E-state index contributed by atoms with van der Waals surface area (Å²) in [6.07, 6.45) is 0. The van der Waals surface area contributed by atoms with Gasteiger partial charge in [-0.3, -0.25) is 0 Å². The summed E-state index contributed by atoms with van der Waals surface area (Å²) < 4.78 is 0. The van der Waals surface area contributed by atoms with Crippen LogP contribution in [0.3, 0.4) is 0 Å². The molecular formula is C18H14O2. The summed E-state index contributed by atoms with van der Waals surface area (Å²) in [5.74, 6) is -0.893. The highest BCUT2D eigenvalue weighted by atomic mass is 16.4. The standard InChI is InChI=1S/C18H14O2/c1-12-8-16(11-17(9-12)18(19)20)15-7-6-13-4-2-3-5-14(13)10-15/h2-11H,1H3,(H,19,20). The van der Waals surface area contributed by atoms with E-state index in [4.69, 9.17) is 5.11 Å². The van der Waals surface area contributed by atoms with E-state index in [1.807, 2.05) is 31.2 Å². The van der Waals surface area contributed by atoms with Crippen LogP contribution < -0.4 is 0 Å². The van der Waals surface area contributed by atoms with Crippen molar-refractivity contribution in [3.63, 3.8) is 0 Å². The first-order valence-corrected chi connectivity index (χ1v) is 6.48. The summed E-state index contributed by atoms with van der Waals surface area (Å²) in [6, 6.07) is 19.8. The maximum absolute atomic E-state index is 11.1. The Morgan fingerprint density at radius 2 is 1.60 bits per heavy atom. The summed E-state index contributed by atoms with van der Waals surface area (Å²) in [5.41, 5.74) is 3.25. The van der Waals surface area contributed by atoms with Crippen LogP contribution in [0.25, 0.3) is 21.9 Å². The molecular weight excluding hydrogens is 248 g/mol. The van der Waals surface area contributed by atoms with Gasteiger partial charge in [-0.05, 0) is 52.6 Å². The lowest BCUT2D eigenvalue weighted by molar-refractivity contribution is 0.0697. The van der Waals surface area contributed by atoms with E-state index in [1.165, 1.54) is 5.39 Å². The van der Waals surface area contributed by atoms with Crippen LogP contribution in [-0.4, -0.2) is 11.1 Å². The molecule has 0 aliphatic heterocycles. The van der Waals surface area contributed by atoms with Gasteiger partial charge in [-0.15, -0.1) is 0 Å². The molecule has 3 rings (SSSR count). The van der Waals surface area contributed by atoms with Crippen LogP contribution in [-0.2, 0) is 0 Å².